The van der Waals surface area contributed by atoms with Crippen molar-refractivity contribution in [2.45, 2.75) is 39.7 Å². The Balaban J connectivity index is 1.79. The van der Waals surface area contributed by atoms with Crippen LogP contribution in [-0.4, -0.2) is 27.8 Å². The maximum Gasteiger partial charge on any atom is 0.0534 e. The van der Waals surface area contributed by atoms with Gasteiger partial charge in [-0.1, -0.05) is 20.3 Å². The summed E-state index contributed by atoms with van der Waals surface area (Å²) in [6, 6.07) is 0. The summed E-state index contributed by atoms with van der Waals surface area (Å²) in [5.74, 6) is 1.85. The summed E-state index contributed by atoms with van der Waals surface area (Å²) in [5, 5.41) is 4.23. The summed E-state index contributed by atoms with van der Waals surface area (Å²) in [6.45, 7) is 8.29. The van der Waals surface area contributed by atoms with Gasteiger partial charge in [0.05, 0.1) is 6.20 Å². The van der Waals surface area contributed by atoms with E-state index in [1.54, 1.807) is 0 Å². The monoisotopic (exact) mass is 235 g/mol. The van der Waals surface area contributed by atoms with Crippen molar-refractivity contribution in [2.24, 2.45) is 18.9 Å². The molecule has 1 aromatic rings. The first-order chi connectivity index (χ1) is 8.19. The van der Waals surface area contributed by atoms with E-state index in [-0.39, 0.29) is 0 Å². The molecule has 3 nitrogen and oxygen atoms in total. The van der Waals surface area contributed by atoms with Crippen LogP contribution in [0, 0.1) is 11.8 Å². The fourth-order valence-electron chi connectivity index (χ4n) is 2.83. The predicted molar refractivity (Wildman–Crippen MR) is 70.7 cm³/mol. The SMILES string of the molecule is CCC(C)C1CCN(Cc2cnn(C)c2)CC1. The second kappa shape index (κ2) is 5.67. The molecule has 1 aliphatic rings. The summed E-state index contributed by atoms with van der Waals surface area (Å²) in [4.78, 5) is 2.57. The number of aromatic nitrogens is 2. The molecule has 0 N–H and O–H groups in total. The van der Waals surface area contributed by atoms with E-state index < -0.39 is 0 Å². The van der Waals surface area contributed by atoms with Crippen LogP contribution in [0.15, 0.2) is 12.4 Å². The average Bonchev–Trinajstić information content (AvgIpc) is 2.75. The van der Waals surface area contributed by atoms with Crippen LogP contribution in [0.1, 0.15) is 38.7 Å². The Hall–Kier alpha value is -0.830. The lowest BCUT2D eigenvalue weighted by Gasteiger charge is -2.34. The van der Waals surface area contributed by atoms with E-state index in [0.717, 1.165) is 18.4 Å². The van der Waals surface area contributed by atoms with Gasteiger partial charge in [-0.05, 0) is 37.8 Å². The zero-order valence-electron chi connectivity index (χ0n) is 11.4. The molecular formula is C14H25N3. The van der Waals surface area contributed by atoms with E-state index in [1.165, 1.54) is 37.9 Å². The van der Waals surface area contributed by atoms with Gasteiger partial charge in [0.15, 0.2) is 0 Å². The highest BCUT2D eigenvalue weighted by atomic mass is 15.2. The first-order valence-corrected chi connectivity index (χ1v) is 6.89. The van der Waals surface area contributed by atoms with Gasteiger partial charge >= 0.3 is 0 Å². The molecule has 96 valence electrons. The van der Waals surface area contributed by atoms with Crippen LogP contribution in [0.25, 0.3) is 0 Å². The van der Waals surface area contributed by atoms with E-state index in [0.29, 0.717) is 0 Å². The molecule has 0 bridgehead atoms. The van der Waals surface area contributed by atoms with Gasteiger partial charge in [-0.25, -0.2) is 0 Å². The van der Waals surface area contributed by atoms with Crippen LogP contribution >= 0.6 is 0 Å². The minimum Gasteiger partial charge on any atom is -0.299 e. The van der Waals surface area contributed by atoms with Gasteiger partial charge in [0, 0.05) is 25.4 Å². The summed E-state index contributed by atoms with van der Waals surface area (Å²) in [6.07, 6.45) is 8.18. The zero-order chi connectivity index (χ0) is 12.3. The summed E-state index contributed by atoms with van der Waals surface area (Å²) < 4.78 is 1.89. The fraction of sp³-hybridized carbons (Fsp3) is 0.786. The third kappa shape index (κ3) is 3.32. The Morgan fingerprint density at radius 3 is 2.65 bits per heavy atom. The number of nitrogens with zero attached hydrogens (tertiary/aromatic N) is 3. The topological polar surface area (TPSA) is 21.1 Å². The van der Waals surface area contributed by atoms with Crippen molar-refractivity contribution in [2.75, 3.05) is 13.1 Å². The minimum atomic E-state index is 0.899. The molecule has 2 heterocycles. The average molecular weight is 235 g/mol. The number of hydrogen-bond acceptors (Lipinski definition) is 2. The molecule has 0 aromatic carbocycles. The van der Waals surface area contributed by atoms with Crippen LogP contribution < -0.4 is 0 Å². The molecule has 2 rings (SSSR count). The maximum atomic E-state index is 4.23. The zero-order valence-corrected chi connectivity index (χ0v) is 11.4. The first-order valence-electron chi connectivity index (χ1n) is 6.89. The van der Waals surface area contributed by atoms with Crippen molar-refractivity contribution >= 4 is 0 Å². The van der Waals surface area contributed by atoms with Crippen LogP contribution in [0.5, 0.6) is 0 Å². The number of rotatable bonds is 4. The predicted octanol–water partition coefficient (Wildman–Crippen LogP) is 2.68. The lowest BCUT2D eigenvalue weighted by Crippen LogP contribution is -2.35. The van der Waals surface area contributed by atoms with Crippen molar-refractivity contribution < 1.29 is 0 Å². The molecule has 1 saturated heterocycles. The molecule has 0 aliphatic carbocycles. The van der Waals surface area contributed by atoms with E-state index in [4.69, 9.17) is 0 Å². The highest BCUT2D eigenvalue weighted by Crippen LogP contribution is 2.27. The van der Waals surface area contributed by atoms with Crippen LogP contribution in [0.2, 0.25) is 0 Å². The molecule has 0 spiro atoms. The third-order valence-corrected chi connectivity index (χ3v) is 4.25. The van der Waals surface area contributed by atoms with E-state index in [2.05, 4.69) is 30.0 Å². The second-order valence-electron chi connectivity index (χ2n) is 5.52. The van der Waals surface area contributed by atoms with Crippen molar-refractivity contribution in [1.82, 2.24) is 14.7 Å². The van der Waals surface area contributed by atoms with Crippen molar-refractivity contribution in [3.63, 3.8) is 0 Å². The van der Waals surface area contributed by atoms with Crippen molar-refractivity contribution in [3.8, 4) is 0 Å². The molecule has 1 atom stereocenters. The normalized spacial score (nSPS) is 20.6. The molecule has 1 unspecified atom stereocenters. The van der Waals surface area contributed by atoms with Gasteiger partial charge in [-0.2, -0.15) is 5.10 Å². The Bertz CT molecular complexity index is 337. The van der Waals surface area contributed by atoms with Gasteiger partial charge in [-0.15, -0.1) is 0 Å². The van der Waals surface area contributed by atoms with Gasteiger partial charge < -0.3 is 0 Å². The molecule has 0 radical (unpaired) electrons. The van der Waals surface area contributed by atoms with Crippen LogP contribution in [-0.2, 0) is 13.6 Å². The smallest absolute Gasteiger partial charge is 0.0534 e. The number of hydrogen-bond donors (Lipinski definition) is 0. The molecule has 0 saturated carbocycles. The van der Waals surface area contributed by atoms with Crippen molar-refractivity contribution in [1.29, 1.82) is 0 Å². The largest absolute Gasteiger partial charge is 0.299 e. The highest BCUT2D eigenvalue weighted by molar-refractivity contribution is 5.03. The molecule has 0 amide bonds. The summed E-state index contributed by atoms with van der Waals surface area (Å²) in [5.41, 5.74) is 1.34. The molecular weight excluding hydrogens is 210 g/mol. The molecule has 1 fully saturated rings. The molecule has 3 heteroatoms. The van der Waals surface area contributed by atoms with Crippen LogP contribution in [0.4, 0.5) is 0 Å². The first kappa shape index (κ1) is 12.6. The number of piperidine rings is 1. The van der Waals surface area contributed by atoms with E-state index in [1.807, 2.05) is 17.9 Å². The third-order valence-electron chi connectivity index (χ3n) is 4.25. The second-order valence-corrected chi connectivity index (χ2v) is 5.52. The van der Waals surface area contributed by atoms with Crippen molar-refractivity contribution in [3.05, 3.63) is 18.0 Å². The minimum absolute atomic E-state index is 0.899. The molecule has 1 aliphatic heterocycles. The van der Waals surface area contributed by atoms with Crippen LogP contribution in [0.3, 0.4) is 0 Å². The standard InChI is InChI=1S/C14H25N3/c1-4-12(2)14-5-7-17(8-6-14)11-13-9-15-16(3)10-13/h9-10,12,14H,4-8,11H2,1-3H3. The fourth-order valence-corrected chi connectivity index (χ4v) is 2.83. The Labute approximate surface area is 105 Å². The number of aryl methyl sites for hydroxylation is 1. The Morgan fingerprint density at radius 1 is 1.41 bits per heavy atom. The van der Waals surface area contributed by atoms with Gasteiger partial charge in [0.2, 0.25) is 0 Å². The Morgan fingerprint density at radius 2 is 2.12 bits per heavy atom. The van der Waals surface area contributed by atoms with Gasteiger partial charge in [-0.3, -0.25) is 9.58 Å². The highest BCUT2D eigenvalue weighted by Gasteiger charge is 2.22. The molecule has 1 aromatic heterocycles. The van der Waals surface area contributed by atoms with E-state index in [9.17, 15) is 0 Å². The summed E-state index contributed by atoms with van der Waals surface area (Å²) >= 11 is 0. The molecule has 17 heavy (non-hydrogen) atoms. The quantitative estimate of drug-likeness (QED) is 0.800. The van der Waals surface area contributed by atoms with Gasteiger partial charge in [0.25, 0.3) is 0 Å². The summed E-state index contributed by atoms with van der Waals surface area (Å²) in [7, 11) is 1.98. The van der Waals surface area contributed by atoms with E-state index >= 15 is 0 Å². The maximum absolute atomic E-state index is 4.23. The van der Waals surface area contributed by atoms with Gasteiger partial charge in [0.1, 0.15) is 0 Å². The number of likely N-dealkylation sites (tertiary alicyclic amines) is 1. The lowest BCUT2D eigenvalue weighted by atomic mass is 9.84. The Kier molecular flexibility index (Phi) is 4.21. The lowest BCUT2D eigenvalue weighted by molar-refractivity contribution is 0.145.